The molecule has 2 aromatic carbocycles. The Morgan fingerprint density at radius 3 is 2.39 bits per heavy atom. The van der Waals surface area contributed by atoms with Gasteiger partial charge in [0, 0.05) is 29.3 Å². The maximum Gasteiger partial charge on any atom is 0.264 e. The molecule has 0 saturated heterocycles. The van der Waals surface area contributed by atoms with E-state index in [1.54, 1.807) is 0 Å². The number of carbonyl (C=O) groups excluding carboxylic acids is 1. The van der Waals surface area contributed by atoms with Gasteiger partial charge in [0.25, 0.3) is 16.0 Å². The van der Waals surface area contributed by atoms with E-state index >= 15 is 0 Å². The molecule has 4 rings (SSSR count). The first-order valence-electron chi connectivity index (χ1n) is 10.7. The molecule has 2 aliphatic carbocycles. The molecule has 2 aromatic rings. The number of benzene rings is 2. The van der Waals surface area contributed by atoms with Crippen LogP contribution in [0.2, 0.25) is 5.02 Å². The molecular formula is C22H21ClF3NO7S2. The summed E-state index contributed by atoms with van der Waals surface area (Å²) in [5.41, 5.74) is -2.27. The van der Waals surface area contributed by atoms with Gasteiger partial charge in [-0.3, -0.25) is 8.98 Å². The molecule has 0 aromatic heterocycles. The minimum absolute atomic E-state index is 0.0105. The lowest BCUT2D eigenvalue weighted by Crippen LogP contribution is -2.43. The number of sulfone groups is 1. The average Bonchev–Trinajstić information content (AvgIpc) is 3.32. The number of anilines is 1. The first kappa shape index (κ1) is 26.9. The van der Waals surface area contributed by atoms with E-state index < -0.39 is 72.6 Å². The topological polar surface area (TPSA) is 127 Å². The van der Waals surface area contributed by atoms with Gasteiger partial charge in [0.2, 0.25) is 0 Å². The molecule has 1 amide bonds. The lowest BCUT2D eigenvalue weighted by Gasteiger charge is -2.31. The van der Waals surface area contributed by atoms with Crippen LogP contribution in [-0.2, 0) is 24.1 Å². The number of halogens is 4. The van der Waals surface area contributed by atoms with Crippen molar-refractivity contribution in [2.75, 3.05) is 18.2 Å². The van der Waals surface area contributed by atoms with Crippen molar-refractivity contribution < 1.29 is 44.1 Å². The van der Waals surface area contributed by atoms with Crippen molar-refractivity contribution in [3.63, 3.8) is 0 Å². The van der Waals surface area contributed by atoms with Gasteiger partial charge in [0.1, 0.15) is 0 Å². The molecule has 2 fully saturated rings. The lowest BCUT2D eigenvalue weighted by atomic mass is 9.85. The van der Waals surface area contributed by atoms with E-state index in [2.05, 4.69) is 5.32 Å². The average molecular weight is 568 g/mol. The van der Waals surface area contributed by atoms with Crippen molar-refractivity contribution in [3.05, 3.63) is 58.4 Å². The van der Waals surface area contributed by atoms with Crippen molar-refractivity contribution in [2.24, 2.45) is 11.8 Å². The third-order valence-corrected chi connectivity index (χ3v) is 10.0. The largest absolute Gasteiger partial charge is 0.387 e. The first-order chi connectivity index (χ1) is 16.6. The Kier molecular flexibility index (Phi) is 6.92. The van der Waals surface area contributed by atoms with E-state index in [0.29, 0.717) is 25.0 Å². The highest BCUT2D eigenvalue weighted by Gasteiger charge is 2.61. The van der Waals surface area contributed by atoms with Gasteiger partial charge in [-0.25, -0.2) is 21.6 Å². The summed E-state index contributed by atoms with van der Waals surface area (Å²) < 4.78 is 95.0. The van der Waals surface area contributed by atoms with Gasteiger partial charge in [-0.05, 0) is 43.4 Å². The number of carbonyl (C=O) groups is 1. The highest BCUT2D eigenvalue weighted by atomic mass is 35.5. The van der Waals surface area contributed by atoms with Crippen LogP contribution in [0.5, 0.6) is 0 Å². The summed E-state index contributed by atoms with van der Waals surface area (Å²) in [5, 5.41) is 11.9. The zero-order valence-corrected chi connectivity index (χ0v) is 21.1. The summed E-state index contributed by atoms with van der Waals surface area (Å²) in [6.45, 7) is -0.583. The van der Waals surface area contributed by atoms with Gasteiger partial charge in [-0.15, -0.1) is 0 Å². The molecule has 14 heteroatoms. The van der Waals surface area contributed by atoms with Crippen molar-refractivity contribution in [1.82, 2.24) is 0 Å². The minimum Gasteiger partial charge on any atom is -0.387 e. The third kappa shape index (κ3) is 4.99. The molecule has 0 spiro atoms. The van der Waals surface area contributed by atoms with E-state index in [1.165, 1.54) is 12.1 Å². The molecule has 0 radical (unpaired) electrons. The monoisotopic (exact) mass is 567 g/mol. The summed E-state index contributed by atoms with van der Waals surface area (Å²) >= 11 is 6.17. The molecule has 36 heavy (non-hydrogen) atoms. The van der Waals surface area contributed by atoms with Crippen LogP contribution in [-0.4, -0.2) is 51.6 Å². The summed E-state index contributed by atoms with van der Waals surface area (Å²) in [7, 11) is -8.09. The van der Waals surface area contributed by atoms with Gasteiger partial charge in [-0.2, -0.15) is 8.42 Å². The summed E-state index contributed by atoms with van der Waals surface area (Å²) in [5.74, 6) is -7.00. The molecule has 0 heterocycles. The predicted octanol–water partition coefficient (Wildman–Crippen LogP) is 3.29. The fourth-order valence-corrected chi connectivity index (χ4v) is 8.48. The van der Waals surface area contributed by atoms with E-state index in [4.69, 9.17) is 15.8 Å². The van der Waals surface area contributed by atoms with Gasteiger partial charge in [0.05, 0.1) is 33.6 Å². The van der Waals surface area contributed by atoms with E-state index in [1.807, 2.05) is 0 Å². The maximum absolute atomic E-state index is 13.6. The number of fused-ring (bicyclic) bond motifs is 2. The normalized spacial score (nSPS) is 25.8. The highest BCUT2D eigenvalue weighted by Crippen LogP contribution is 2.55. The molecule has 4 atom stereocenters. The Hall–Kier alpha value is -2.19. The molecule has 2 saturated carbocycles. The van der Waals surface area contributed by atoms with Crippen LogP contribution in [0.25, 0.3) is 0 Å². The molecule has 0 aliphatic heterocycles. The Morgan fingerprint density at radius 1 is 1.14 bits per heavy atom. The summed E-state index contributed by atoms with van der Waals surface area (Å²) in [4.78, 5) is 12.3. The Bertz CT molecular complexity index is 1430. The van der Waals surface area contributed by atoms with Crippen LogP contribution in [0.1, 0.15) is 29.6 Å². The molecule has 2 N–H and O–H groups in total. The molecule has 8 nitrogen and oxygen atoms in total. The van der Waals surface area contributed by atoms with Crippen LogP contribution in [0.3, 0.4) is 0 Å². The highest BCUT2D eigenvalue weighted by molar-refractivity contribution is 7.92. The molecule has 1 unspecified atom stereocenters. The van der Waals surface area contributed by atoms with Gasteiger partial charge < -0.3 is 10.4 Å². The molecular weight excluding hydrogens is 547 g/mol. The van der Waals surface area contributed by atoms with Crippen LogP contribution < -0.4 is 5.32 Å². The second-order valence-corrected chi connectivity index (χ2v) is 13.2. The Labute approximate surface area is 210 Å². The zero-order chi connectivity index (χ0) is 26.6. The maximum atomic E-state index is 13.6. The third-order valence-electron chi connectivity index (χ3n) is 6.64. The van der Waals surface area contributed by atoms with Crippen molar-refractivity contribution >= 4 is 43.2 Å². The van der Waals surface area contributed by atoms with Crippen LogP contribution in [0, 0.1) is 29.3 Å². The zero-order valence-electron chi connectivity index (χ0n) is 18.7. The van der Waals surface area contributed by atoms with Crippen LogP contribution in [0.4, 0.5) is 18.9 Å². The van der Waals surface area contributed by atoms with Gasteiger partial charge in [-0.1, -0.05) is 11.6 Å². The van der Waals surface area contributed by atoms with Crippen LogP contribution >= 0.6 is 11.6 Å². The fraction of sp³-hybridized carbons (Fsp3) is 0.409. The number of nitrogens with one attached hydrogen (secondary N) is 1. The van der Waals surface area contributed by atoms with Crippen LogP contribution in [0.15, 0.2) is 35.2 Å². The lowest BCUT2D eigenvalue weighted by molar-refractivity contribution is -0.0467. The van der Waals surface area contributed by atoms with Gasteiger partial charge in [0.15, 0.2) is 27.3 Å². The summed E-state index contributed by atoms with van der Waals surface area (Å²) in [6, 6.07) is 4.52. The smallest absolute Gasteiger partial charge is 0.264 e. The standard InChI is InChI=1S/C22H21ClF3NO7S2/c1-35(30,31)34-10-22(29)9-12-2-4-14(22)20(12)36(32,33)18-6-11(3-5-15(18)23)21(28)27-13-7-16(24)19(26)17(25)8-13/h3,5-8,12,14,20,29H,2,4,9-10H2,1H3,(H,27,28)/t12?,14-,20-,22+/m1/s1. The minimum atomic E-state index is -4.22. The van der Waals surface area contributed by atoms with Gasteiger partial charge >= 0.3 is 0 Å². The number of hydrogen-bond donors (Lipinski definition) is 2. The van der Waals surface area contributed by atoms with E-state index in [-0.39, 0.29) is 27.6 Å². The first-order valence-corrected chi connectivity index (χ1v) is 14.4. The number of amides is 1. The number of hydrogen-bond acceptors (Lipinski definition) is 7. The Morgan fingerprint density at radius 2 is 1.78 bits per heavy atom. The molecule has 2 aliphatic rings. The quantitative estimate of drug-likeness (QED) is 0.388. The van der Waals surface area contributed by atoms with Crippen molar-refractivity contribution in [2.45, 2.75) is 35.0 Å². The SMILES string of the molecule is CS(=O)(=O)OC[C@@]1(O)CC2CC[C@@H]1[C@@H]2S(=O)(=O)c1cc(C(=O)Nc2cc(F)c(F)c(F)c2)ccc1Cl. The number of rotatable bonds is 7. The second kappa shape index (κ2) is 9.28. The van der Waals surface area contributed by atoms with Crippen molar-refractivity contribution in [3.8, 4) is 0 Å². The number of aliphatic hydroxyl groups is 1. The van der Waals surface area contributed by atoms with Crippen molar-refractivity contribution in [1.29, 1.82) is 0 Å². The predicted molar refractivity (Wildman–Crippen MR) is 123 cm³/mol. The Balaban J connectivity index is 1.62. The molecule has 196 valence electrons. The molecule has 2 bridgehead atoms. The second-order valence-electron chi connectivity index (χ2n) is 9.08. The van der Waals surface area contributed by atoms with E-state index in [0.717, 1.165) is 12.3 Å². The fourth-order valence-electron chi connectivity index (χ4n) is 5.13. The summed E-state index contributed by atoms with van der Waals surface area (Å²) in [6.07, 6.45) is 1.63. The van der Waals surface area contributed by atoms with E-state index in [9.17, 15) is 39.9 Å².